The number of H-pyrrole nitrogens is 1. The van der Waals surface area contributed by atoms with E-state index in [9.17, 15) is 0 Å². The second kappa shape index (κ2) is 5.30. The molecule has 0 fully saturated rings. The Labute approximate surface area is 103 Å². The van der Waals surface area contributed by atoms with Crippen LogP contribution in [0.5, 0.6) is 0 Å². The molecule has 0 aliphatic carbocycles. The highest BCUT2D eigenvalue weighted by atomic mass is 35.5. The number of rotatable bonds is 4. The lowest BCUT2D eigenvalue weighted by Crippen LogP contribution is -2.14. The quantitative estimate of drug-likeness (QED) is 0.884. The Morgan fingerprint density at radius 2 is 2.12 bits per heavy atom. The zero-order chi connectivity index (χ0) is 11.4. The summed E-state index contributed by atoms with van der Waals surface area (Å²) in [5.41, 5.74) is 1.01. The fraction of sp³-hybridized carbons (Fsp3) is 0.200. The van der Waals surface area contributed by atoms with Gasteiger partial charge in [0.15, 0.2) is 0 Å². The summed E-state index contributed by atoms with van der Waals surface area (Å²) in [4.78, 5) is 4.00. The van der Waals surface area contributed by atoms with Gasteiger partial charge in [0.25, 0.3) is 0 Å². The van der Waals surface area contributed by atoms with E-state index in [0.717, 1.165) is 11.4 Å². The maximum absolute atomic E-state index is 6.03. The van der Waals surface area contributed by atoms with Crippen LogP contribution in [0, 0.1) is 0 Å². The molecule has 0 radical (unpaired) electrons. The molecule has 1 aromatic carbocycles. The third kappa shape index (κ3) is 2.95. The monoisotopic (exact) mass is 256 g/mol. The maximum Gasteiger partial charge on any atom is 0.138 e. The van der Waals surface area contributed by atoms with E-state index in [1.165, 1.54) is 6.33 Å². The molecule has 0 aliphatic heterocycles. The van der Waals surface area contributed by atoms with Gasteiger partial charge >= 0.3 is 0 Å². The van der Waals surface area contributed by atoms with Crippen LogP contribution in [0.3, 0.4) is 0 Å². The van der Waals surface area contributed by atoms with E-state index < -0.39 is 0 Å². The van der Waals surface area contributed by atoms with Gasteiger partial charge in [0.05, 0.1) is 6.54 Å². The number of hydrogen-bond donors (Lipinski definition) is 2. The predicted molar refractivity (Wildman–Crippen MR) is 63.4 cm³/mol. The van der Waals surface area contributed by atoms with Crippen molar-refractivity contribution in [3.8, 4) is 0 Å². The van der Waals surface area contributed by atoms with Crippen LogP contribution in [0.1, 0.15) is 11.4 Å². The Morgan fingerprint density at radius 3 is 2.81 bits per heavy atom. The van der Waals surface area contributed by atoms with E-state index in [4.69, 9.17) is 23.2 Å². The van der Waals surface area contributed by atoms with Crippen molar-refractivity contribution in [2.24, 2.45) is 0 Å². The zero-order valence-corrected chi connectivity index (χ0v) is 9.89. The molecule has 2 N–H and O–H groups in total. The molecule has 0 spiro atoms. The minimum Gasteiger partial charge on any atom is -0.306 e. The number of benzene rings is 1. The minimum atomic E-state index is 0.624. The molecule has 6 heteroatoms. The summed E-state index contributed by atoms with van der Waals surface area (Å²) in [6.45, 7) is 1.29. The van der Waals surface area contributed by atoms with Crippen LogP contribution in [0.15, 0.2) is 24.5 Å². The van der Waals surface area contributed by atoms with Crippen LogP contribution in [0.2, 0.25) is 10.0 Å². The highest BCUT2D eigenvalue weighted by Crippen LogP contribution is 2.20. The highest BCUT2D eigenvalue weighted by molar-refractivity contribution is 6.35. The third-order valence-corrected chi connectivity index (χ3v) is 2.67. The normalized spacial score (nSPS) is 10.6. The zero-order valence-electron chi connectivity index (χ0n) is 8.37. The first-order valence-electron chi connectivity index (χ1n) is 4.74. The van der Waals surface area contributed by atoms with Gasteiger partial charge in [-0.05, 0) is 17.7 Å². The summed E-state index contributed by atoms with van der Waals surface area (Å²) in [6.07, 6.45) is 1.48. The average molecular weight is 257 g/mol. The van der Waals surface area contributed by atoms with E-state index >= 15 is 0 Å². The molecule has 0 aliphatic rings. The average Bonchev–Trinajstić information content (AvgIpc) is 2.74. The molecule has 4 nitrogen and oxygen atoms in total. The van der Waals surface area contributed by atoms with Gasteiger partial charge < -0.3 is 5.32 Å². The van der Waals surface area contributed by atoms with E-state index in [2.05, 4.69) is 20.5 Å². The summed E-state index contributed by atoms with van der Waals surface area (Å²) in [5, 5.41) is 11.0. The molecular formula is C10H10Cl2N4. The van der Waals surface area contributed by atoms with Gasteiger partial charge in [-0.25, -0.2) is 4.98 Å². The fourth-order valence-electron chi connectivity index (χ4n) is 1.30. The summed E-state index contributed by atoms with van der Waals surface area (Å²) >= 11 is 11.8. The SMILES string of the molecule is Clc1ccc(CNCc2ncn[nH]2)c(Cl)c1. The predicted octanol–water partition coefficient (Wildman–Crippen LogP) is 2.40. The molecule has 84 valence electrons. The van der Waals surface area contributed by atoms with Gasteiger partial charge in [0.2, 0.25) is 0 Å². The molecule has 0 unspecified atom stereocenters. The van der Waals surface area contributed by atoms with Crippen LogP contribution in [0.25, 0.3) is 0 Å². The van der Waals surface area contributed by atoms with Gasteiger partial charge in [-0.3, -0.25) is 5.10 Å². The standard InChI is InChI=1S/C10H10Cl2N4/c11-8-2-1-7(9(12)3-8)4-13-5-10-14-6-15-16-10/h1-3,6,13H,4-5H2,(H,14,15,16). The lowest BCUT2D eigenvalue weighted by atomic mass is 10.2. The second-order valence-electron chi connectivity index (χ2n) is 3.27. The van der Waals surface area contributed by atoms with Gasteiger partial charge in [0.1, 0.15) is 12.2 Å². The van der Waals surface area contributed by atoms with Crippen molar-refractivity contribution in [3.05, 3.63) is 46.0 Å². The fourth-order valence-corrected chi connectivity index (χ4v) is 1.77. The maximum atomic E-state index is 6.03. The largest absolute Gasteiger partial charge is 0.306 e. The van der Waals surface area contributed by atoms with Crippen LogP contribution >= 0.6 is 23.2 Å². The lowest BCUT2D eigenvalue weighted by Gasteiger charge is -2.05. The summed E-state index contributed by atoms with van der Waals surface area (Å²) in [6, 6.07) is 5.45. The van der Waals surface area contributed by atoms with Crippen LogP contribution < -0.4 is 5.32 Å². The van der Waals surface area contributed by atoms with Crippen molar-refractivity contribution < 1.29 is 0 Å². The Hall–Kier alpha value is -1.10. The van der Waals surface area contributed by atoms with Crippen molar-refractivity contribution in [2.45, 2.75) is 13.1 Å². The first-order chi connectivity index (χ1) is 7.75. The van der Waals surface area contributed by atoms with Crippen LogP contribution in [0.4, 0.5) is 0 Å². The van der Waals surface area contributed by atoms with Gasteiger partial charge in [-0.2, -0.15) is 5.10 Å². The summed E-state index contributed by atoms with van der Waals surface area (Å²) in [7, 11) is 0. The Morgan fingerprint density at radius 1 is 1.25 bits per heavy atom. The van der Waals surface area contributed by atoms with Crippen molar-refractivity contribution in [2.75, 3.05) is 0 Å². The number of nitrogens with one attached hydrogen (secondary N) is 2. The molecule has 0 saturated carbocycles. The first-order valence-corrected chi connectivity index (χ1v) is 5.50. The minimum absolute atomic E-state index is 0.624. The number of nitrogens with zero attached hydrogens (tertiary/aromatic N) is 2. The van der Waals surface area contributed by atoms with Crippen LogP contribution in [-0.4, -0.2) is 15.2 Å². The summed E-state index contributed by atoms with van der Waals surface area (Å²) < 4.78 is 0. The highest BCUT2D eigenvalue weighted by Gasteiger charge is 2.01. The van der Waals surface area contributed by atoms with E-state index in [0.29, 0.717) is 23.1 Å². The number of aromatic amines is 1. The Kier molecular flexibility index (Phi) is 3.77. The lowest BCUT2D eigenvalue weighted by molar-refractivity contribution is 0.665. The van der Waals surface area contributed by atoms with Gasteiger partial charge in [0, 0.05) is 16.6 Å². The van der Waals surface area contributed by atoms with Crippen molar-refractivity contribution in [1.82, 2.24) is 20.5 Å². The second-order valence-corrected chi connectivity index (χ2v) is 4.12. The summed E-state index contributed by atoms with van der Waals surface area (Å²) in [5.74, 6) is 0.796. The Bertz CT molecular complexity index is 456. The molecule has 0 bridgehead atoms. The van der Waals surface area contributed by atoms with E-state index in [-0.39, 0.29) is 0 Å². The smallest absolute Gasteiger partial charge is 0.138 e. The number of aromatic nitrogens is 3. The molecule has 2 aromatic rings. The van der Waals surface area contributed by atoms with Crippen molar-refractivity contribution >= 4 is 23.2 Å². The van der Waals surface area contributed by atoms with Gasteiger partial charge in [-0.1, -0.05) is 29.3 Å². The number of halogens is 2. The Balaban J connectivity index is 1.90. The third-order valence-electron chi connectivity index (χ3n) is 2.09. The van der Waals surface area contributed by atoms with E-state index in [1.807, 2.05) is 12.1 Å². The van der Waals surface area contributed by atoms with Crippen molar-refractivity contribution in [1.29, 1.82) is 0 Å². The molecular weight excluding hydrogens is 247 g/mol. The molecule has 1 aromatic heterocycles. The molecule has 0 saturated heterocycles. The van der Waals surface area contributed by atoms with Crippen LogP contribution in [-0.2, 0) is 13.1 Å². The molecule has 2 rings (SSSR count). The molecule has 0 amide bonds. The van der Waals surface area contributed by atoms with Crippen molar-refractivity contribution in [3.63, 3.8) is 0 Å². The number of hydrogen-bond acceptors (Lipinski definition) is 3. The topological polar surface area (TPSA) is 53.6 Å². The van der Waals surface area contributed by atoms with Gasteiger partial charge in [-0.15, -0.1) is 0 Å². The molecule has 1 heterocycles. The molecule has 0 atom stereocenters. The first kappa shape index (κ1) is 11.4. The molecule has 16 heavy (non-hydrogen) atoms. The van der Waals surface area contributed by atoms with E-state index in [1.54, 1.807) is 6.07 Å².